The van der Waals surface area contributed by atoms with E-state index < -0.39 is 0 Å². The van der Waals surface area contributed by atoms with E-state index in [-0.39, 0.29) is 6.04 Å². The lowest BCUT2D eigenvalue weighted by Crippen LogP contribution is -2.05. The Balaban J connectivity index is 2.05. The van der Waals surface area contributed by atoms with E-state index in [4.69, 9.17) is 0 Å². The van der Waals surface area contributed by atoms with Gasteiger partial charge in [-0.3, -0.25) is 0 Å². The molecule has 3 nitrogen and oxygen atoms in total. The molecular weight excluding hydrogens is 214 g/mol. The average molecular weight is 225 g/mol. The van der Waals surface area contributed by atoms with Gasteiger partial charge in [0, 0.05) is 17.0 Å². The molecule has 0 saturated heterocycles. The Morgan fingerprint density at radius 1 is 1.43 bits per heavy atom. The molecular formula is C9H11N3S2. The molecule has 0 fully saturated rings. The summed E-state index contributed by atoms with van der Waals surface area (Å²) < 4.78 is 0. The molecule has 5 heteroatoms. The highest BCUT2D eigenvalue weighted by Gasteiger charge is 2.08. The predicted octanol–water partition coefficient (Wildman–Crippen LogP) is 3.08. The summed E-state index contributed by atoms with van der Waals surface area (Å²) in [6.07, 6.45) is 1.82. The van der Waals surface area contributed by atoms with Crippen molar-refractivity contribution in [1.29, 1.82) is 0 Å². The number of thiazole rings is 2. The van der Waals surface area contributed by atoms with Crippen LogP contribution in [0.1, 0.15) is 23.7 Å². The molecule has 0 aliphatic carbocycles. The lowest BCUT2D eigenvalue weighted by molar-refractivity contribution is 0.866. The number of nitrogens with one attached hydrogen (secondary N) is 1. The summed E-state index contributed by atoms with van der Waals surface area (Å²) in [4.78, 5) is 8.60. The van der Waals surface area contributed by atoms with Gasteiger partial charge in [0.25, 0.3) is 0 Å². The Kier molecular flexibility index (Phi) is 2.79. The molecule has 0 bridgehead atoms. The van der Waals surface area contributed by atoms with Gasteiger partial charge in [0.1, 0.15) is 5.01 Å². The van der Waals surface area contributed by atoms with Gasteiger partial charge in [-0.25, -0.2) is 9.97 Å². The fourth-order valence-corrected chi connectivity index (χ4v) is 2.54. The molecule has 1 atom stereocenters. The molecule has 2 heterocycles. The summed E-state index contributed by atoms with van der Waals surface area (Å²) in [7, 11) is 0. The van der Waals surface area contributed by atoms with Crippen molar-refractivity contribution in [2.75, 3.05) is 5.32 Å². The van der Waals surface area contributed by atoms with Crippen LogP contribution in [0.4, 0.5) is 5.13 Å². The summed E-state index contributed by atoms with van der Waals surface area (Å²) in [6, 6.07) is 0.237. The molecule has 0 aliphatic heterocycles. The molecule has 2 aromatic heterocycles. The van der Waals surface area contributed by atoms with Gasteiger partial charge >= 0.3 is 0 Å². The van der Waals surface area contributed by atoms with Gasteiger partial charge in [-0.15, -0.1) is 22.7 Å². The highest BCUT2D eigenvalue weighted by Crippen LogP contribution is 2.23. The van der Waals surface area contributed by atoms with Crippen LogP contribution in [-0.2, 0) is 0 Å². The van der Waals surface area contributed by atoms with E-state index >= 15 is 0 Å². The van der Waals surface area contributed by atoms with E-state index in [2.05, 4.69) is 22.2 Å². The zero-order chi connectivity index (χ0) is 9.97. The minimum absolute atomic E-state index is 0.237. The number of nitrogens with zero attached hydrogens (tertiary/aromatic N) is 2. The van der Waals surface area contributed by atoms with Crippen LogP contribution in [0.5, 0.6) is 0 Å². The second-order valence-electron chi connectivity index (χ2n) is 3.03. The summed E-state index contributed by atoms with van der Waals surface area (Å²) in [6.45, 7) is 4.09. The summed E-state index contributed by atoms with van der Waals surface area (Å²) in [5, 5.41) is 9.40. The van der Waals surface area contributed by atoms with Gasteiger partial charge in [0.05, 0.1) is 11.7 Å². The topological polar surface area (TPSA) is 37.8 Å². The van der Waals surface area contributed by atoms with Crippen molar-refractivity contribution in [1.82, 2.24) is 9.97 Å². The van der Waals surface area contributed by atoms with Crippen LogP contribution in [0.2, 0.25) is 0 Å². The maximum atomic E-state index is 4.34. The first kappa shape index (κ1) is 9.61. The highest BCUT2D eigenvalue weighted by atomic mass is 32.1. The average Bonchev–Trinajstić information content (AvgIpc) is 2.75. The van der Waals surface area contributed by atoms with Crippen molar-refractivity contribution in [2.24, 2.45) is 0 Å². The third-order valence-corrected chi connectivity index (χ3v) is 3.63. The zero-order valence-electron chi connectivity index (χ0n) is 8.02. The number of anilines is 1. The molecule has 0 aromatic carbocycles. The molecule has 0 spiro atoms. The Morgan fingerprint density at radius 2 is 2.29 bits per heavy atom. The quantitative estimate of drug-likeness (QED) is 0.872. The minimum Gasteiger partial charge on any atom is -0.353 e. The molecule has 2 aromatic rings. The van der Waals surface area contributed by atoms with Gasteiger partial charge in [0.15, 0.2) is 5.13 Å². The van der Waals surface area contributed by atoms with Crippen molar-refractivity contribution in [3.8, 4) is 0 Å². The maximum absolute atomic E-state index is 4.34. The van der Waals surface area contributed by atoms with E-state index in [1.165, 1.54) is 0 Å². The Bertz CT molecular complexity index is 394. The van der Waals surface area contributed by atoms with Crippen LogP contribution in [0.25, 0.3) is 0 Å². The van der Waals surface area contributed by atoms with Crippen LogP contribution in [-0.4, -0.2) is 9.97 Å². The molecule has 0 aliphatic rings. The van der Waals surface area contributed by atoms with Gasteiger partial charge in [-0.2, -0.15) is 0 Å². The van der Waals surface area contributed by atoms with Gasteiger partial charge in [-0.05, 0) is 13.8 Å². The summed E-state index contributed by atoms with van der Waals surface area (Å²) >= 11 is 3.29. The van der Waals surface area contributed by atoms with Crippen LogP contribution < -0.4 is 5.32 Å². The smallest absolute Gasteiger partial charge is 0.183 e. The number of aryl methyl sites for hydroxylation is 1. The molecule has 0 saturated carbocycles. The van der Waals surface area contributed by atoms with Crippen molar-refractivity contribution in [2.45, 2.75) is 19.9 Å². The standard InChI is InChI=1S/C9H11N3S2/c1-6-5-14-9(11-6)12-7(2)8-10-3-4-13-8/h3-5,7H,1-2H3,(H,11,12). The Hall–Kier alpha value is -0.940. The van der Waals surface area contributed by atoms with Crippen molar-refractivity contribution >= 4 is 27.8 Å². The van der Waals surface area contributed by atoms with E-state index in [0.717, 1.165) is 15.8 Å². The van der Waals surface area contributed by atoms with Gasteiger partial charge < -0.3 is 5.32 Å². The van der Waals surface area contributed by atoms with Crippen molar-refractivity contribution in [3.63, 3.8) is 0 Å². The molecule has 2 rings (SSSR count). The number of aromatic nitrogens is 2. The van der Waals surface area contributed by atoms with Crippen LogP contribution in [0.15, 0.2) is 17.0 Å². The Labute approximate surface area is 90.9 Å². The third-order valence-electron chi connectivity index (χ3n) is 1.78. The SMILES string of the molecule is Cc1csc(NC(C)c2nccs2)n1. The fraction of sp³-hybridized carbons (Fsp3) is 0.333. The van der Waals surface area contributed by atoms with Crippen molar-refractivity contribution < 1.29 is 0 Å². The zero-order valence-corrected chi connectivity index (χ0v) is 9.65. The second-order valence-corrected chi connectivity index (χ2v) is 4.81. The van der Waals surface area contributed by atoms with E-state index in [9.17, 15) is 0 Å². The Morgan fingerprint density at radius 3 is 2.86 bits per heavy atom. The highest BCUT2D eigenvalue weighted by molar-refractivity contribution is 7.13. The maximum Gasteiger partial charge on any atom is 0.183 e. The molecule has 0 radical (unpaired) electrons. The molecule has 74 valence electrons. The summed E-state index contributed by atoms with van der Waals surface area (Å²) in [5.74, 6) is 0. The second kappa shape index (κ2) is 4.06. The summed E-state index contributed by atoms with van der Waals surface area (Å²) in [5.41, 5.74) is 1.06. The number of hydrogen-bond donors (Lipinski definition) is 1. The van der Waals surface area contributed by atoms with E-state index in [1.54, 1.807) is 22.7 Å². The van der Waals surface area contributed by atoms with Gasteiger partial charge in [0.2, 0.25) is 0 Å². The first-order valence-electron chi connectivity index (χ1n) is 4.34. The van der Waals surface area contributed by atoms with Crippen LogP contribution >= 0.6 is 22.7 Å². The molecule has 1 unspecified atom stereocenters. The lowest BCUT2D eigenvalue weighted by Gasteiger charge is -2.08. The number of rotatable bonds is 3. The molecule has 14 heavy (non-hydrogen) atoms. The minimum atomic E-state index is 0.237. The predicted molar refractivity (Wildman–Crippen MR) is 61.0 cm³/mol. The van der Waals surface area contributed by atoms with E-state index in [1.807, 2.05) is 23.9 Å². The van der Waals surface area contributed by atoms with Crippen LogP contribution in [0.3, 0.4) is 0 Å². The first-order chi connectivity index (χ1) is 6.75. The van der Waals surface area contributed by atoms with E-state index in [0.29, 0.717) is 0 Å². The van der Waals surface area contributed by atoms with Crippen LogP contribution in [0, 0.1) is 6.92 Å². The monoisotopic (exact) mass is 225 g/mol. The molecule has 0 amide bonds. The largest absolute Gasteiger partial charge is 0.353 e. The molecule has 1 N–H and O–H groups in total. The third kappa shape index (κ3) is 2.10. The normalized spacial score (nSPS) is 12.7. The lowest BCUT2D eigenvalue weighted by atomic mass is 10.4. The first-order valence-corrected chi connectivity index (χ1v) is 6.09. The van der Waals surface area contributed by atoms with Crippen molar-refractivity contribution in [3.05, 3.63) is 27.7 Å². The fourth-order valence-electron chi connectivity index (χ4n) is 1.12. The van der Waals surface area contributed by atoms with Gasteiger partial charge in [-0.1, -0.05) is 0 Å². The number of hydrogen-bond acceptors (Lipinski definition) is 5.